The van der Waals surface area contributed by atoms with Gasteiger partial charge in [-0.1, -0.05) is 23.9 Å². The van der Waals surface area contributed by atoms with Crippen LogP contribution in [0.4, 0.5) is 4.79 Å². The number of nitrogens with one attached hydrogen (secondary N) is 1. The lowest BCUT2D eigenvalue weighted by atomic mass is 10.2. The number of thioether (sulfide) groups is 1. The molecule has 1 saturated heterocycles. The van der Waals surface area contributed by atoms with Crippen LogP contribution in [0.2, 0.25) is 0 Å². The van der Waals surface area contributed by atoms with Crippen molar-refractivity contribution >= 4 is 34.8 Å². The molecular formula is C16H20N3O3S+. The number of likely N-dealkylation sites (tertiary alicyclic amines) is 1. The molecule has 7 heteroatoms. The maximum Gasteiger partial charge on any atom is 0.523 e. The van der Waals surface area contributed by atoms with Gasteiger partial charge in [-0.25, -0.2) is 9.78 Å². The van der Waals surface area contributed by atoms with Crippen molar-refractivity contribution in [2.24, 2.45) is 0 Å². The molecule has 1 aliphatic rings. The molecule has 0 spiro atoms. The van der Waals surface area contributed by atoms with E-state index in [1.54, 1.807) is 0 Å². The average Bonchev–Trinajstić information content (AvgIpc) is 3.15. The molecule has 1 aromatic carbocycles. The van der Waals surface area contributed by atoms with Gasteiger partial charge in [-0.05, 0) is 19.1 Å². The van der Waals surface area contributed by atoms with Crippen molar-refractivity contribution in [1.82, 2.24) is 9.97 Å². The third-order valence-electron chi connectivity index (χ3n) is 4.53. The number of amides is 2. The second-order valence-electron chi connectivity index (χ2n) is 5.80. The molecule has 0 bridgehead atoms. The molecular weight excluding hydrogens is 314 g/mol. The van der Waals surface area contributed by atoms with Crippen LogP contribution >= 0.6 is 11.8 Å². The predicted molar refractivity (Wildman–Crippen MR) is 88.1 cm³/mol. The number of imide groups is 1. The first-order valence-electron chi connectivity index (χ1n) is 7.65. The Hall–Kier alpha value is -1.86. The summed E-state index contributed by atoms with van der Waals surface area (Å²) in [5.74, 6) is 0.0755. The lowest BCUT2D eigenvalue weighted by Crippen LogP contribution is -2.59. The summed E-state index contributed by atoms with van der Waals surface area (Å²) in [7, 11) is 1.34. The van der Waals surface area contributed by atoms with E-state index in [4.69, 9.17) is 4.74 Å². The summed E-state index contributed by atoms with van der Waals surface area (Å²) in [6, 6.07) is 7.68. The molecule has 23 heavy (non-hydrogen) atoms. The Bertz CT molecular complexity index is 712. The summed E-state index contributed by atoms with van der Waals surface area (Å²) in [6.07, 6.45) is 1.26. The summed E-state index contributed by atoms with van der Waals surface area (Å²) in [5, 5.41) is 0.689. The molecule has 3 rings (SSSR count). The molecule has 2 amide bonds. The van der Waals surface area contributed by atoms with E-state index in [9.17, 15) is 9.59 Å². The van der Waals surface area contributed by atoms with Crippen LogP contribution in [0.15, 0.2) is 29.4 Å². The van der Waals surface area contributed by atoms with Gasteiger partial charge in [0.2, 0.25) is 0 Å². The molecule has 2 atom stereocenters. The highest BCUT2D eigenvalue weighted by Gasteiger charge is 2.53. The largest absolute Gasteiger partial charge is 0.523 e. The van der Waals surface area contributed by atoms with Crippen molar-refractivity contribution in [2.75, 3.05) is 19.4 Å². The molecule has 2 aromatic rings. The van der Waals surface area contributed by atoms with E-state index in [1.165, 1.54) is 18.9 Å². The lowest BCUT2D eigenvalue weighted by Gasteiger charge is -2.30. The molecule has 1 unspecified atom stereocenters. The number of rotatable bonds is 3. The van der Waals surface area contributed by atoms with Gasteiger partial charge >= 0.3 is 12.0 Å². The molecule has 6 nitrogen and oxygen atoms in total. The smallest absolute Gasteiger partial charge is 0.423 e. The van der Waals surface area contributed by atoms with E-state index in [0.717, 1.165) is 23.9 Å². The molecule has 1 aliphatic heterocycles. The fourth-order valence-corrected chi connectivity index (χ4v) is 4.06. The van der Waals surface area contributed by atoms with Crippen LogP contribution < -0.4 is 0 Å². The van der Waals surface area contributed by atoms with E-state index in [2.05, 4.69) is 9.97 Å². The topological polar surface area (TPSA) is 72.1 Å². The minimum atomic E-state index is -0.454. The van der Waals surface area contributed by atoms with Gasteiger partial charge < -0.3 is 9.72 Å². The first-order valence-corrected chi connectivity index (χ1v) is 8.63. The fraction of sp³-hybridized carbons (Fsp3) is 0.438. The number of carbonyl (C=O) groups excluding carboxylic acids is 2. The highest BCUT2D eigenvalue weighted by molar-refractivity contribution is 7.99. The van der Waals surface area contributed by atoms with Crippen molar-refractivity contribution in [3.05, 3.63) is 24.3 Å². The van der Waals surface area contributed by atoms with Crippen molar-refractivity contribution < 1.29 is 18.8 Å². The molecule has 122 valence electrons. The van der Waals surface area contributed by atoms with Gasteiger partial charge in [-0.2, -0.15) is 9.28 Å². The van der Waals surface area contributed by atoms with Crippen molar-refractivity contribution in [3.8, 4) is 0 Å². The van der Waals surface area contributed by atoms with Crippen LogP contribution in [-0.4, -0.2) is 51.9 Å². The van der Waals surface area contributed by atoms with Gasteiger partial charge in [0.05, 0.1) is 24.7 Å². The maximum absolute atomic E-state index is 12.8. The summed E-state index contributed by atoms with van der Waals surface area (Å²) in [4.78, 5) is 32.6. The maximum atomic E-state index is 12.8. The average molecular weight is 334 g/mol. The van der Waals surface area contributed by atoms with Crippen molar-refractivity contribution in [2.45, 2.75) is 31.0 Å². The van der Waals surface area contributed by atoms with Crippen LogP contribution in [0.5, 0.6) is 0 Å². The van der Waals surface area contributed by atoms with Crippen LogP contribution in [0.1, 0.15) is 19.8 Å². The van der Waals surface area contributed by atoms with Gasteiger partial charge in [0.1, 0.15) is 11.8 Å². The number of hydrogen-bond acceptors (Lipinski definition) is 5. The quantitative estimate of drug-likeness (QED) is 0.690. The number of nitrogens with zero attached hydrogens (tertiary/aromatic N) is 2. The Labute approximate surface area is 138 Å². The molecule has 0 radical (unpaired) electrons. The van der Waals surface area contributed by atoms with Gasteiger partial charge in [0, 0.05) is 12.8 Å². The zero-order valence-electron chi connectivity index (χ0n) is 13.2. The molecule has 0 aliphatic carbocycles. The number of H-pyrrole nitrogens is 1. The fourth-order valence-electron chi connectivity index (χ4n) is 3.23. The molecule has 1 fully saturated rings. The van der Waals surface area contributed by atoms with Crippen molar-refractivity contribution in [1.29, 1.82) is 0 Å². The first kappa shape index (κ1) is 16.0. The van der Waals surface area contributed by atoms with Gasteiger partial charge in [0.15, 0.2) is 5.16 Å². The Kier molecular flexibility index (Phi) is 4.41. The number of fused-ring (bicyclic) bond motifs is 1. The van der Waals surface area contributed by atoms with E-state index in [0.29, 0.717) is 11.7 Å². The Morgan fingerprint density at radius 1 is 1.43 bits per heavy atom. The number of aromatic amines is 1. The second kappa shape index (κ2) is 6.33. The van der Waals surface area contributed by atoms with E-state index in [-0.39, 0.29) is 22.2 Å². The number of aromatic nitrogens is 2. The third-order valence-corrected chi connectivity index (χ3v) is 5.39. The van der Waals surface area contributed by atoms with Gasteiger partial charge in [-0.3, -0.25) is 0 Å². The van der Waals surface area contributed by atoms with E-state index in [1.807, 2.05) is 31.2 Å². The van der Waals surface area contributed by atoms with Crippen LogP contribution in [-0.2, 0) is 9.53 Å². The number of imidazole rings is 1. The predicted octanol–water partition coefficient (Wildman–Crippen LogP) is 2.95. The van der Waals surface area contributed by atoms with E-state index >= 15 is 0 Å². The highest BCUT2D eigenvalue weighted by atomic mass is 32.2. The zero-order valence-corrected chi connectivity index (χ0v) is 14.1. The number of carbonyl (C=O) groups is 2. The Morgan fingerprint density at radius 2 is 2.22 bits per heavy atom. The van der Waals surface area contributed by atoms with Gasteiger partial charge in [-0.15, -0.1) is 0 Å². The number of hydrogen-bond donors (Lipinski definition) is 1. The first-order chi connectivity index (χ1) is 11.1. The van der Waals surface area contributed by atoms with Crippen LogP contribution in [0.3, 0.4) is 0 Å². The summed E-state index contributed by atoms with van der Waals surface area (Å²) < 4.78 is 4.70. The summed E-state index contributed by atoms with van der Waals surface area (Å²) >= 11 is 1.33. The number of para-hydroxylation sites is 2. The standard InChI is InChI=1S/C16H20N3O3S/c1-11-6-5-9-19(11,16(21)22-2)14(20)10-23-15-17-12-7-3-4-8-13(12)18-15/h3-4,7-8,11H,5-6,9-10H2,1-2H3,(H,17,18)/q+1/t11-,19?/m1/s1. The monoisotopic (exact) mass is 334 g/mol. The number of benzene rings is 1. The SMILES string of the molecule is COC(=O)[N+]1(C(=O)CSc2nc3ccccc3[nH]2)CCC[C@H]1C. The second-order valence-corrected chi connectivity index (χ2v) is 6.76. The Balaban J connectivity index is 1.76. The normalized spacial score (nSPS) is 24.0. The molecule has 1 aromatic heterocycles. The third kappa shape index (κ3) is 2.74. The number of methoxy groups -OCH3 is 1. The molecule has 0 saturated carbocycles. The minimum absolute atomic E-state index is 0.0359. The summed E-state index contributed by atoms with van der Waals surface area (Å²) in [5.41, 5.74) is 1.81. The summed E-state index contributed by atoms with van der Waals surface area (Å²) in [6.45, 7) is 2.46. The molecule has 2 heterocycles. The Morgan fingerprint density at radius 3 is 2.87 bits per heavy atom. The van der Waals surface area contributed by atoms with Crippen LogP contribution in [0, 0.1) is 0 Å². The number of quaternary nitrogens is 1. The number of ether oxygens (including phenoxy) is 1. The minimum Gasteiger partial charge on any atom is -0.423 e. The van der Waals surface area contributed by atoms with E-state index < -0.39 is 6.09 Å². The zero-order chi connectivity index (χ0) is 16.4. The van der Waals surface area contributed by atoms with Gasteiger partial charge in [0.25, 0.3) is 0 Å². The van der Waals surface area contributed by atoms with Crippen LogP contribution in [0.25, 0.3) is 11.0 Å². The highest BCUT2D eigenvalue weighted by Crippen LogP contribution is 2.30. The lowest BCUT2D eigenvalue weighted by molar-refractivity contribution is -0.791. The molecule has 1 N–H and O–H groups in total. The van der Waals surface area contributed by atoms with Crippen molar-refractivity contribution in [3.63, 3.8) is 0 Å².